The van der Waals surface area contributed by atoms with E-state index in [1.165, 1.54) is 0 Å². The molecule has 0 radical (unpaired) electrons. The van der Waals surface area contributed by atoms with Crippen molar-refractivity contribution in [2.75, 3.05) is 0 Å². The molecule has 0 fully saturated rings. The molecule has 0 aliphatic rings. The summed E-state index contributed by atoms with van der Waals surface area (Å²) in [6.07, 6.45) is 1.25. The Morgan fingerprint density at radius 3 is 2.55 bits per heavy atom. The van der Waals surface area contributed by atoms with Gasteiger partial charge in [0.25, 0.3) is 5.56 Å². The van der Waals surface area contributed by atoms with Gasteiger partial charge in [0, 0.05) is 31.3 Å². The van der Waals surface area contributed by atoms with Gasteiger partial charge in [-0.1, -0.05) is 29.4 Å². The van der Waals surface area contributed by atoms with Crippen molar-refractivity contribution in [1.82, 2.24) is 24.9 Å². The van der Waals surface area contributed by atoms with Crippen LogP contribution >= 0.6 is 12.4 Å². The highest BCUT2D eigenvalue weighted by Gasteiger charge is 2.16. The van der Waals surface area contributed by atoms with Crippen LogP contribution in [0.15, 0.2) is 33.6 Å². The van der Waals surface area contributed by atoms with Gasteiger partial charge in [0.05, 0.1) is 5.39 Å². The van der Waals surface area contributed by atoms with Gasteiger partial charge >= 0.3 is 0 Å². The second kappa shape index (κ2) is 8.18. The number of hydrogen-bond donors (Lipinski definition) is 2. The van der Waals surface area contributed by atoms with Gasteiger partial charge in [-0.3, -0.25) is 14.6 Å². The SMILES string of the molecule is Cc1nc2c(c(C)c1CCc1nc(-c3ccc(CN)cc3)no1)c(=O)[nH]n2C.Cl. The molecule has 3 heterocycles. The minimum absolute atomic E-state index is 0. The predicted molar refractivity (Wildman–Crippen MR) is 113 cm³/mol. The number of nitrogens with zero attached hydrogens (tertiary/aromatic N) is 4. The fourth-order valence-corrected chi connectivity index (χ4v) is 3.51. The van der Waals surface area contributed by atoms with Crippen molar-refractivity contribution in [3.63, 3.8) is 0 Å². The lowest BCUT2D eigenvalue weighted by Crippen LogP contribution is -2.05. The third-order valence-corrected chi connectivity index (χ3v) is 5.08. The monoisotopic (exact) mass is 414 g/mol. The molecule has 0 bridgehead atoms. The van der Waals surface area contributed by atoms with Crippen molar-refractivity contribution in [2.24, 2.45) is 12.8 Å². The van der Waals surface area contributed by atoms with E-state index < -0.39 is 0 Å². The van der Waals surface area contributed by atoms with Crippen LogP contribution in [0.1, 0.15) is 28.3 Å². The first kappa shape index (κ1) is 20.8. The highest BCUT2D eigenvalue weighted by molar-refractivity contribution is 5.85. The molecular formula is C20H23ClN6O2. The smallest absolute Gasteiger partial charge is 0.273 e. The number of fused-ring (bicyclic) bond motifs is 1. The van der Waals surface area contributed by atoms with E-state index in [1.807, 2.05) is 38.1 Å². The molecule has 3 N–H and O–H groups in total. The lowest BCUT2D eigenvalue weighted by molar-refractivity contribution is 0.378. The Morgan fingerprint density at radius 1 is 1.14 bits per heavy atom. The maximum absolute atomic E-state index is 12.2. The van der Waals surface area contributed by atoms with Gasteiger partial charge < -0.3 is 10.3 Å². The Labute approximate surface area is 173 Å². The van der Waals surface area contributed by atoms with E-state index in [0.717, 1.165) is 27.9 Å². The summed E-state index contributed by atoms with van der Waals surface area (Å²) in [5.41, 5.74) is 11.0. The van der Waals surface area contributed by atoms with Crippen molar-refractivity contribution >= 4 is 23.4 Å². The number of nitrogens with one attached hydrogen (secondary N) is 1. The quantitative estimate of drug-likeness (QED) is 0.518. The van der Waals surface area contributed by atoms with E-state index in [1.54, 1.807) is 11.7 Å². The molecule has 0 saturated carbocycles. The average Bonchev–Trinajstić information content (AvgIpc) is 3.26. The van der Waals surface area contributed by atoms with E-state index in [2.05, 4.69) is 20.2 Å². The van der Waals surface area contributed by atoms with Crippen LogP contribution in [-0.4, -0.2) is 24.9 Å². The Balaban J connectivity index is 0.00000240. The molecule has 0 atom stereocenters. The number of nitrogens with two attached hydrogens (primary N) is 1. The molecule has 4 rings (SSSR count). The summed E-state index contributed by atoms with van der Waals surface area (Å²) < 4.78 is 7.07. The summed E-state index contributed by atoms with van der Waals surface area (Å²) in [5, 5.41) is 7.47. The zero-order valence-corrected chi connectivity index (χ0v) is 17.3. The number of aryl methyl sites for hydroxylation is 4. The summed E-state index contributed by atoms with van der Waals surface area (Å²) in [7, 11) is 1.79. The normalized spacial score (nSPS) is 11.0. The van der Waals surface area contributed by atoms with Crippen LogP contribution in [0.3, 0.4) is 0 Å². The first-order valence-electron chi connectivity index (χ1n) is 9.14. The maximum atomic E-state index is 12.2. The zero-order chi connectivity index (χ0) is 19.8. The number of halogens is 1. The summed E-state index contributed by atoms with van der Waals surface area (Å²) in [5.74, 6) is 1.11. The molecule has 0 unspecified atom stereocenters. The third kappa shape index (κ3) is 3.81. The number of H-pyrrole nitrogens is 1. The van der Waals surface area contributed by atoms with Gasteiger partial charge in [-0.2, -0.15) is 4.98 Å². The number of pyridine rings is 1. The Kier molecular flexibility index (Phi) is 5.86. The third-order valence-electron chi connectivity index (χ3n) is 5.08. The van der Waals surface area contributed by atoms with Gasteiger partial charge in [-0.25, -0.2) is 4.98 Å². The van der Waals surface area contributed by atoms with E-state index in [0.29, 0.717) is 42.1 Å². The Hall–Kier alpha value is -2.97. The van der Waals surface area contributed by atoms with Gasteiger partial charge in [0.2, 0.25) is 11.7 Å². The fraction of sp³-hybridized carbons (Fsp3) is 0.300. The van der Waals surface area contributed by atoms with Gasteiger partial charge in [-0.15, -0.1) is 12.4 Å². The minimum Gasteiger partial charge on any atom is -0.339 e. The summed E-state index contributed by atoms with van der Waals surface area (Å²) in [6, 6.07) is 7.78. The van der Waals surface area contributed by atoms with Crippen LogP contribution in [0.5, 0.6) is 0 Å². The Morgan fingerprint density at radius 2 is 1.86 bits per heavy atom. The van der Waals surface area contributed by atoms with Crippen LogP contribution in [0, 0.1) is 13.8 Å². The van der Waals surface area contributed by atoms with Crippen molar-refractivity contribution in [3.05, 3.63) is 62.9 Å². The first-order chi connectivity index (χ1) is 13.5. The molecule has 29 heavy (non-hydrogen) atoms. The lowest BCUT2D eigenvalue weighted by Gasteiger charge is -2.09. The van der Waals surface area contributed by atoms with E-state index in [9.17, 15) is 4.79 Å². The molecule has 4 aromatic rings. The van der Waals surface area contributed by atoms with Gasteiger partial charge in [0.15, 0.2) is 5.65 Å². The number of aromatic amines is 1. The van der Waals surface area contributed by atoms with Crippen LogP contribution in [0.25, 0.3) is 22.4 Å². The molecule has 0 aliphatic carbocycles. The topological polar surface area (TPSA) is 116 Å². The first-order valence-corrected chi connectivity index (χ1v) is 9.14. The number of rotatable bonds is 5. The molecule has 1 aromatic carbocycles. The van der Waals surface area contributed by atoms with Gasteiger partial charge in [-0.05, 0) is 37.0 Å². The summed E-state index contributed by atoms with van der Waals surface area (Å²) >= 11 is 0. The second-order valence-corrected chi connectivity index (χ2v) is 6.91. The van der Waals surface area contributed by atoms with Crippen molar-refractivity contribution in [3.8, 4) is 11.4 Å². The number of benzene rings is 1. The lowest BCUT2D eigenvalue weighted by atomic mass is 10.0. The van der Waals surface area contributed by atoms with E-state index in [-0.39, 0.29) is 18.0 Å². The fourth-order valence-electron chi connectivity index (χ4n) is 3.51. The molecular weight excluding hydrogens is 392 g/mol. The van der Waals surface area contributed by atoms with E-state index in [4.69, 9.17) is 10.3 Å². The predicted octanol–water partition coefficient (Wildman–Crippen LogP) is 2.59. The average molecular weight is 415 g/mol. The van der Waals surface area contributed by atoms with Crippen LogP contribution in [0.4, 0.5) is 0 Å². The molecule has 9 heteroatoms. The second-order valence-electron chi connectivity index (χ2n) is 6.91. The molecule has 152 valence electrons. The maximum Gasteiger partial charge on any atom is 0.273 e. The van der Waals surface area contributed by atoms with E-state index >= 15 is 0 Å². The number of hydrogen-bond acceptors (Lipinski definition) is 6. The van der Waals surface area contributed by atoms with Crippen LogP contribution in [0.2, 0.25) is 0 Å². The molecule has 0 spiro atoms. The highest BCUT2D eigenvalue weighted by atomic mass is 35.5. The van der Waals surface area contributed by atoms with Crippen LogP contribution < -0.4 is 11.3 Å². The molecule has 3 aromatic heterocycles. The molecule has 0 saturated heterocycles. The largest absolute Gasteiger partial charge is 0.339 e. The highest BCUT2D eigenvalue weighted by Crippen LogP contribution is 2.22. The van der Waals surface area contributed by atoms with Crippen molar-refractivity contribution in [1.29, 1.82) is 0 Å². The van der Waals surface area contributed by atoms with Crippen LogP contribution in [-0.2, 0) is 26.4 Å². The molecule has 8 nitrogen and oxygen atoms in total. The summed E-state index contributed by atoms with van der Waals surface area (Å²) in [6.45, 7) is 4.41. The molecule has 0 aliphatic heterocycles. The molecule has 0 amide bonds. The summed E-state index contributed by atoms with van der Waals surface area (Å²) in [4.78, 5) is 21.3. The standard InChI is InChI=1S/C20H22N6O2.ClH/c1-11-15(12(2)22-19-17(11)20(27)24-26(19)3)8-9-16-23-18(25-28-16)14-6-4-13(10-21)5-7-14;/h4-7H,8-10,21H2,1-3H3,(H,24,27);1H. The van der Waals surface area contributed by atoms with Crippen molar-refractivity contribution < 1.29 is 4.52 Å². The number of aromatic nitrogens is 5. The van der Waals surface area contributed by atoms with Crippen molar-refractivity contribution in [2.45, 2.75) is 33.2 Å². The van der Waals surface area contributed by atoms with Gasteiger partial charge in [0.1, 0.15) is 0 Å². The Bertz CT molecular complexity index is 1210. The zero-order valence-electron chi connectivity index (χ0n) is 16.5. The minimum atomic E-state index is -0.121.